The van der Waals surface area contributed by atoms with Gasteiger partial charge in [0.25, 0.3) is 11.5 Å². The zero-order valence-corrected chi connectivity index (χ0v) is 26.1. The van der Waals surface area contributed by atoms with E-state index >= 15 is 0 Å². The maximum atomic E-state index is 13.6. The van der Waals surface area contributed by atoms with Crippen LogP contribution in [0.3, 0.4) is 0 Å². The smallest absolute Gasteiger partial charge is 0.275 e. The summed E-state index contributed by atoms with van der Waals surface area (Å²) >= 11 is 0. The fraction of sp³-hybridized carbons (Fsp3) is 0.324. The number of pyridine rings is 2. The lowest BCUT2D eigenvalue weighted by Gasteiger charge is -2.29. The Bertz CT molecular complexity index is 1820. The highest BCUT2D eigenvalue weighted by atomic mass is 16.3. The van der Waals surface area contributed by atoms with Gasteiger partial charge in [0, 0.05) is 56.1 Å². The number of hydrazine groups is 1. The standard InChI is InChI=1S/C34H38N8O3/c1-34(2,3)24-8-10-27-22(16-24)21-41(32(27)43)29-7-5-6-26(28(29)19-38-45)23-17-30(33(44)39(4)20-23)42(35)31-11-9-25(18-37-31)40-14-12-36-13-15-40/h5-11,16-18,20,36H,12-15,19,21,35H2,1-4H3. The lowest BCUT2D eigenvalue weighted by Crippen LogP contribution is -2.43. The van der Waals surface area contributed by atoms with Gasteiger partial charge in [-0.2, -0.15) is 4.91 Å². The summed E-state index contributed by atoms with van der Waals surface area (Å²) in [6.07, 6.45) is 3.46. The number of hydrogen-bond acceptors (Lipinski definition) is 9. The van der Waals surface area contributed by atoms with Crippen molar-refractivity contribution in [2.75, 3.05) is 41.0 Å². The number of nitrogens with one attached hydrogen (secondary N) is 1. The van der Waals surface area contributed by atoms with Crippen LogP contribution in [0, 0.1) is 4.91 Å². The Morgan fingerprint density at radius 2 is 1.80 bits per heavy atom. The van der Waals surface area contributed by atoms with Crippen molar-refractivity contribution in [1.82, 2.24) is 14.9 Å². The van der Waals surface area contributed by atoms with Gasteiger partial charge >= 0.3 is 0 Å². The fourth-order valence-electron chi connectivity index (χ4n) is 6.08. The zero-order valence-electron chi connectivity index (χ0n) is 26.1. The topological polar surface area (TPSA) is 129 Å². The van der Waals surface area contributed by atoms with E-state index in [1.807, 2.05) is 36.4 Å². The Morgan fingerprint density at radius 1 is 1.02 bits per heavy atom. The van der Waals surface area contributed by atoms with Crippen LogP contribution in [0.15, 0.2) is 77.0 Å². The summed E-state index contributed by atoms with van der Waals surface area (Å²) in [5, 5.41) is 7.85. The van der Waals surface area contributed by atoms with Crippen molar-refractivity contribution >= 4 is 28.8 Å². The Kier molecular flexibility index (Phi) is 7.98. The maximum absolute atomic E-state index is 13.6. The molecule has 2 aliphatic rings. The quantitative estimate of drug-likeness (QED) is 0.178. The molecule has 4 aromatic rings. The first-order chi connectivity index (χ1) is 21.6. The van der Waals surface area contributed by atoms with Crippen molar-refractivity contribution in [3.8, 4) is 11.1 Å². The molecular weight excluding hydrogens is 568 g/mol. The minimum atomic E-state index is -0.305. The number of benzene rings is 2. The summed E-state index contributed by atoms with van der Waals surface area (Å²) in [5.41, 5.74) is 6.12. The predicted octanol–water partition coefficient (Wildman–Crippen LogP) is 4.59. The number of hydrogen-bond donors (Lipinski definition) is 2. The molecule has 11 nitrogen and oxygen atoms in total. The second kappa shape index (κ2) is 11.9. The molecule has 0 aliphatic carbocycles. The van der Waals surface area contributed by atoms with Crippen molar-refractivity contribution in [3.63, 3.8) is 0 Å². The first-order valence-corrected chi connectivity index (χ1v) is 15.1. The molecule has 3 N–H and O–H groups in total. The summed E-state index contributed by atoms with van der Waals surface area (Å²) < 4.78 is 1.45. The van der Waals surface area contributed by atoms with Crippen LogP contribution in [0.1, 0.15) is 47.8 Å². The van der Waals surface area contributed by atoms with Gasteiger partial charge in [0.15, 0.2) is 0 Å². The number of anilines is 4. The third-order valence-electron chi connectivity index (χ3n) is 8.64. The molecule has 2 aliphatic heterocycles. The zero-order chi connectivity index (χ0) is 31.9. The number of piperazine rings is 1. The maximum Gasteiger partial charge on any atom is 0.275 e. The normalized spacial score (nSPS) is 14.9. The van der Waals surface area contributed by atoms with Gasteiger partial charge in [-0.15, -0.1) is 0 Å². The van der Waals surface area contributed by atoms with E-state index in [4.69, 9.17) is 5.84 Å². The number of carbonyl (C=O) groups excluding carboxylic acids is 1. The number of aryl methyl sites for hydroxylation is 1. The Labute approximate surface area is 262 Å². The minimum absolute atomic E-state index is 0.0571. The van der Waals surface area contributed by atoms with Crippen molar-refractivity contribution in [3.05, 3.63) is 105 Å². The van der Waals surface area contributed by atoms with E-state index in [0.717, 1.165) is 43.0 Å². The number of nitrogens with zero attached hydrogens (tertiary/aromatic N) is 6. The van der Waals surface area contributed by atoms with Gasteiger partial charge in [0.2, 0.25) is 0 Å². The monoisotopic (exact) mass is 606 g/mol. The summed E-state index contributed by atoms with van der Waals surface area (Å²) in [6.45, 7) is 10.3. The summed E-state index contributed by atoms with van der Waals surface area (Å²) in [7, 11) is 1.65. The molecule has 2 aromatic heterocycles. The average Bonchev–Trinajstić information content (AvgIpc) is 3.37. The molecule has 0 saturated carbocycles. The van der Waals surface area contributed by atoms with Crippen molar-refractivity contribution in [1.29, 1.82) is 0 Å². The summed E-state index contributed by atoms with van der Waals surface area (Å²) in [4.78, 5) is 47.2. The molecule has 232 valence electrons. The number of nitroso groups, excluding NO2 is 1. The Morgan fingerprint density at radius 3 is 2.49 bits per heavy atom. The lowest BCUT2D eigenvalue weighted by molar-refractivity contribution is 0.0996. The molecule has 0 unspecified atom stereocenters. The van der Waals surface area contributed by atoms with E-state index in [9.17, 15) is 14.5 Å². The fourth-order valence-corrected chi connectivity index (χ4v) is 6.08. The predicted molar refractivity (Wildman–Crippen MR) is 178 cm³/mol. The van der Waals surface area contributed by atoms with Crippen LogP contribution in [0.5, 0.6) is 0 Å². The van der Waals surface area contributed by atoms with Gasteiger partial charge in [-0.25, -0.2) is 10.8 Å². The highest BCUT2D eigenvalue weighted by molar-refractivity contribution is 6.10. The van der Waals surface area contributed by atoms with E-state index in [0.29, 0.717) is 40.3 Å². The second-order valence-electron chi connectivity index (χ2n) is 12.6. The van der Waals surface area contributed by atoms with E-state index in [1.54, 1.807) is 36.5 Å². The van der Waals surface area contributed by atoms with Crippen LogP contribution in [-0.2, 0) is 25.6 Å². The van der Waals surface area contributed by atoms with Gasteiger partial charge in [0.05, 0.1) is 24.1 Å². The molecule has 2 aromatic carbocycles. The Balaban J connectivity index is 1.36. The van der Waals surface area contributed by atoms with Gasteiger partial charge in [-0.1, -0.05) is 50.2 Å². The molecule has 0 radical (unpaired) electrons. The lowest BCUT2D eigenvalue weighted by atomic mass is 9.85. The molecule has 1 saturated heterocycles. The van der Waals surface area contributed by atoms with E-state index in [2.05, 4.69) is 47.2 Å². The second-order valence-corrected chi connectivity index (χ2v) is 12.6. The molecule has 1 amide bonds. The molecule has 6 rings (SSSR count). The van der Waals surface area contributed by atoms with Crippen LogP contribution >= 0.6 is 0 Å². The number of carbonyl (C=O) groups is 1. The highest BCUT2D eigenvalue weighted by Gasteiger charge is 2.32. The first-order valence-electron chi connectivity index (χ1n) is 15.1. The van der Waals surface area contributed by atoms with Crippen LogP contribution in [-0.4, -0.2) is 41.6 Å². The average molecular weight is 607 g/mol. The number of amides is 1. The molecule has 4 heterocycles. The van der Waals surface area contributed by atoms with Crippen LogP contribution in [0.2, 0.25) is 0 Å². The minimum Gasteiger partial charge on any atom is -0.368 e. The van der Waals surface area contributed by atoms with Crippen LogP contribution in [0.25, 0.3) is 11.1 Å². The SMILES string of the molecule is Cn1cc(-c2cccc(N3Cc4cc(C(C)(C)C)ccc4C3=O)c2CN=O)cc(N(N)c2ccc(N3CCNCC3)cn2)c1=O. The van der Waals surface area contributed by atoms with Crippen LogP contribution in [0.4, 0.5) is 22.9 Å². The van der Waals surface area contributed by atoms with Gasteiger partial charge in [-0.3, -0.25) is 14.6 Å². The van der Waals surface area contributed by atoms with Crippen molar-refractivity contribution in [2.45, 2.75) is 39.3 Å². The van der Waals surface area contributed by atoms with E-state index in [-0.39, 0.29) is 29.1 Å². The largest absolute Gasteiger partial charge is 0.368 e. The summed E-state index contributed by atoms with van der Waals surface area (Å²) in [6, 6.07) is 17.0. The number of rotatable bonds is 7. The van der Waals surface area contributed by atoms with Gasteiger partial charge < -0.3 is 19.7 Å². The number of fused-ring (bicyclic) bond motifs is 1. The van der Waals surface area contributed by atoms with Crippen LogP contribution < -0.4 is 31.5 Å². The van der Waals surface area contributed by atoms with Gasteiger partial charge in [-0.05, 0) is 52.4 Å². The third-order valence-corrected chi connectivity index (χ3v) is 8.64. The molecule has 11 heteroatoms. The van der Waals surface area contributed by atoms with Crippen molar-refractivity contribution in [2.24, 2.45) is 18.1 Å². The highest BCUT2D eigenvalue weighted by Crippen LogP contribution is 2.38. The molecule has 0 atom stereocenters. The summed E-state index contributed by atoms with van der Waals surface area (Å²) in [5.74, 6) is 6.80. The van der Waals surface area contributed by atoms with Crippen molar-refractivity contribution < 1.29 is 4.79 Å². The molecule has 45 heavy (non-hydrogen) atoms. The number of nitrogens with two attached hydrogens (primary N) is 1. The van der Waals surface area contributed by atoms with Gasteiger partial charge in [0.1, 0.15) is 18.1 Å². The molecule has 0 spiro atoms. The van der Waals surface area contributed by atoms with E-state index < -0.39 is 0 Å². The van der Waals surface area contributed by atoms with E-state index in [1.165, 1.54) is 9.58 Å². The first kappa shape index (κ1) is 30.2. The number of aromatic nitrogens is 2. The molecule has 0 bridgehead atoms. The molecule has 1 fully saturated rings. The Hall–Kier alpha value is -4.87. The third kappa shape index (κ3) is 5.72. The molecular formula is C34H38N8O3.